The second-order valence-corrected chi connectivity index (χ2v) is 7.24. The summed E-state index contributed by atoms with van der Waals surface area (Å²) in [5, 5.41) is 16.7. The molecule has 0 aromatic heterocycles. The first-order valence-corrected chi connectivity index (χ1v) is 9.58. The zero-order valence-corrected chi connectivity index (χ0v) is 16.2. The zero-order valence-electron chi connectivity index (χ0n) is 15.5. The molecular formula is C20H22ClN3O4. The van der Waals surface area contributed by atoms with Gasteiger partial charge in [0.05, 0.1) is 21.7 Å². The van der Waals surface area contributed by atoms with Crippen molar-refractivity contribution in [1.29, 1.82) is 0 Å². The Kier molecular flexibility index (Phi) is 6.36. The predicted molar refractivity (Wildman–Crippen MR) is 109 cm³/mol. The van der Waals surface area contributed by atoms with E-state index in [4.69, 9.17) is 16.3 Å². The third-order valence-corrected chi connectivity index (χ3v) is 4.95. The Morgan fingerprint density at radius 2 is 2.00 bits per heavy atom. The summed E-state index contributed by atoms with van der Waals surface area (Å²) in [6, 6.07) is 10.9. The molecule has 0 radical (unpaired) electrons. The highest BCUT2D eigenvalue weighted by Crippen LogP contribution is 2.28. The van der Waals surface area contributed by atoms with Gasteiger partial charge in [-0.25, -0.2) is 0 Å². The molecule has 8 heteroatoms. The van der Waals surface area contributed by atoms with E-state index in [0.717, 1.165) is 24.3 Å². The Labute approximate surface area is 168 Å². The summed E-state index contributed by atoms with van der Waals surface area (Å²) in [7, 11) is 0. The molecule has 1 atom stereocenters. The minimum absolute atomic E-state index is 0.113. The predicted octanol–water partition coefficient (Wildman–Crippen LogP) is 5.01. The normalized spacial score (nSPS) is 15.1. The molecule has 7 nitrogen and oxygen atoms in total. The minimum Gasteiger partial charge on any atom is -0.490 e. The lowest BCUT2D eigenvalue weighted by Gasteiger charge is -2.18. The lowest BCUT2D eigenvalue weighted by atomic mass is 10.2. The SMILES string of the molecule is C[C@H](Nc1cccc(OC2CCCC2)c1)C(=O)Nc1ccc([N+](=O)[O-])cc1Cl. The molecule has 1 aliphatic carbocycles. The fourth-order valence-corrected chi connectivity index (χ4v) is 3.36. The van der Waals surface area contributed by atoms with Gasteiger partial charge < -0.3 is 15.4 Å². The maximum atomic E-state index is 12.5. The van der Waals surface area contributed by atoms with Crippen LogP contribution in [0.25, 0.3) is 0 Å². The number of nitrogens with one attached hydrogen (secondary N) is 2. The van der Waals surface area contributed by atoms with E-state index in [9.17, 15) is 14.9 Å². The molecule has 2 N–H and O–H groups in total. The Bertz CT molecular complexity index is 868. The second kappa shape index (κ2) is 8.93. The maximum Gasteiger partial charge on any atom is 0.271 e. The molecule has 0 unspecified atom stereocenters. The summed E-state index contributed by atoms with van der Waals surface area (Å²) in [5.41, 5.74) is 0.963. The lowest BCUT2D eigenvalue weighted by molar-refractivity contribution is -0.384. The fourth-order valence-electron chi connectivity index (χ4n) is 3.13. The summed E-state index contributed by atoms with van der Waals surface area (Å²) >= 11 is 6.03. The van der Waals surface area contributed by atoms with Crippen LogP contribution in [-0.2, 0) is 4.79 Å². The van der Waals surface area contributed by atoms with Crippen LogP contribution in [0.15, 0.2) is 42.5 Å². The Hall–Kier alpha value is -2.80. The number of nitro benzene ring substituents is 1. The van der Waals surface area contributed by atoms with Crippen LogP contribution in [0.2, 0.25) is 5.02 Å². The molecule has 0 saturated heterocycles. The van der Waals surface area contributed by atoms with Crippen molar-refractivity contribution in [3.05, 3.63) is 57.6 Å². The number of rotatable bonds is 7. The summed E-state index contributed by atoms with van der Waals surface area (Å²) < 4.78 is 5.99. The summed E-state index contributed by atoms with van der Waals surface area (Å²) in [6.07, 6.45) is 4.81. The number of amides is 1. The average molecular weight is 404 g/mol. The molecule has 0 heterocycles. The minimum atomic E-state index is -0.548. The van der Waals surface area contributed by atoms with Crippen molar-refractivity contribution >= 4 is 34.6 Å². The van der Waals surface area contributed by atoms with Crippen LogP contribution in [0.4, 0.5) is 17.1 Å². The van der Waals surface area contributed by atoms with Crippen molar-refractivity contribution in [2.45, 2.75) is 44.8 Å². The molecule has 0 aliphatic heterocycles. The zero-order chi connectivity index (χ0) is 20.1. The molecule has 1 aliphatic rings. The topological polar surface area (TPSA) is 93.5 Å². The van der Waals surface area contributed by atoms with Crippen LogP contribution in [0.3, 0.4) is 0 Å². The van der Waals surface area contributed by atoms with Gasteiger partial charge in [-0.05, 0) is 50.8 Å². The van der Waals surface area contributed by atoms with Crippen molar-refractivity contribution in [3.8, 4) is 5.75 Å². The van der Waals surface area contributed by atoms with Gasteiger partial charge in [-0.15, -0.1) is 0 Å². The quantitative estimate of drug-likeness (QED) is 0.500. The molecule has 2 aromatic rings. The van der Waals surface area contributed by atoms with Crippen molar-refractivity contribution < 1.29 is 14.5 Å². The molecule has 0 bridgehead atoms. The van der Waals surface area contributed by atoms with Crippen molar-refractivity contribution in [1.82, 2.24) is 0 Å². The molecular weight excluding hydrogens is 382 g/mol. The fraction of sp³-hybridized carbons (Fsp3) is 0.350. The number of nitrogens with zero attached hydrogens (tertiary/aromatic N) is 1. The molecule has 1 saturated carbocycles. The number of benzene rings is 2. The highest BCUT2D eigenvalue weighted by Gasteiger charge is 2.18. The van der Waals surface area contributed by atoms with E-state index in [-0.39, 0.29) is 22.7 Å². The van der Waals surface area contributed by atoms with E-state index >= 15 is 0 Å². The number of carbonyl (C=O) groups is 1. The van der Waals surface area contributed by atoms with Crippen LogP contribution in [-0.4, -0.2) is 23.0 Å². The number of ether oxygens (including phenoxy) is 1. The monoisotopic (exact) mass is 403 g/mol. The van der Waals surface area contributed by atoms with Gasteiger partial charge in [-0.3, -0.25) is 14.9 Å². The van der Waals surface area contributed by atoms with Gasteiger partial charge in [0.15, 0.2) is 0 Å². The van der Waals surface area contributed by atoms with Gasteiger partial charge in [0, 0.05) is 23.9 Å². The van der Waals surface area contributed by atoms with Gasteiger partial charge in [-0.1, -0.05) is 17.7 Å². The number of hydrogen-bond acceptors (Lipinski definition) is 5. The van der Waals surface area contributed by atoms with Crippen molar-refractivity contribution in [2.24, 2.45) is 0 Å². The largest absolute Gasteiger partial charge is 0.490 e. The molecule has 28 heavy (non-hydrogen) atoms. The lowest BCUT2D eigenvalue weighted by Crippen LogP contribution is -2.32. The standard InChI is InChI=1S/C20H22ClN3O4/c1-13(20(25)23-19-10-9-15(24(26)27)12-18(19)21)22-14-5-4-8-17(11-14)28-16-6-2-3-7-16/h4-5,8-13,16,22H,2-3,6-7H2,1H3,(H,23,25)/t13-/m0/s1. The molecule has 1 fully saturated rings. The highest BCUT2D eigenvalue weighted by molar-refractivity contribution is 6.34. The van der Waals surface area contributed by atoms with E-state index in [2.05, 4.69) is 10.6 Å². The number of anilines is 2. The molecule has 3 rings (SSSR count). The molecule has 148 valence electrons. The van der Waals surface area contributed by atoms with E-state index in [1.165, 1.54) is 31.0 Å². The summed E-state index contributed by atoms with van der Waals surface area (Å²) in [6.45, 7) is 1.72. The molecule has 0 spiro atoms. The summed E-state index contributed by atoms with van der Waals surface area (Å²) in [5.74, 6) is 0.473. The molecule has 1 amide bonds. The first-order valence-electron chi connectivity index (χ1n) is 9.20. The smallest absolute Gasteiger partial charge is 0.271 e. The Balaban J connectivity index is 1.60. The van der Waals surface area contributed by atoms with E-state index < -0.39 is 11.0 Å². The van der Waals surface area contributed by atoms with Crippen LogP contribution >= 0.6 is 11.6 Å². The maximum absolute atomic E-state index is 12.5. The third kappa shape index (κ3) is 5.13. The second-order valence-electron chi connectivity index (χ2n) is 6.83. The molecule has 2 aromatic carbocycles. The Morgan fingerprint density at radius 3 is 2.68 bits per heavy atom. The first kappa shape index (κ1) is 19.9. The summed E-state index contributed by atoms with van der Waals surface area (Å²) in [4.78, 5) is 22.7. The van der Waals surface area contributed by atoms with Crippen LogP contribution in [0.1, 0.15) is 32.6 Å². The van der Waals surface area contributed by atoms with Gasteiger partial charge in [0.2, 0.25) is 5.91 Å². The number of halogens is 1. The van der Waals surface area contributed by atoms with Gasteiger partial charge in [0.1, 0.15) is 11.8 Å². The van der Waals surface area contributed by atoms with E-state index in [1.807, 2.05) is 24.3 Å². The number of nitro groups is 1. The Morgan fingerprint density at radius 1 is 1.25 bits per heavy atom. The van der Waals surface area contributed by atoms with Crippen molar-refractivity contribution in [3.63, 3.8) is 0 Å². The van der Waals surface area contributed by atoms with Gasteiger partial charge in [-0.2, -0.15) is 0 Å². The van der Waals surface area contributed by atoms with E-state index in [1.54, 1.807) is 6.92 Å². The van der Waals surface area contributed by atoms with Crippen LogP contribution in [0, 0.1) is 10.1 Å². The number of non-ortho nitro benzene ring substituents is 1. The van der Waals surface area contributed by atoms with Gasteiger partial charge in [0.25, 0.3) is 5.69 Å². The number of hydrogen-bond donors (Lipinski definition) is 2. The van der Waals surface area contributed by atoms with E-state index in [0.29, 0.717) is 5.69 Å². The average Bonchev–Trinajstić information content (AvgIpc) is 3.16. The number of carbonyl (C=O) groups excluding carboxylic acids is 1. The van der Waals surface area contributed by atoms with Crippen LogP contribution in [0.5, 0.6) is 5.75 Å². The highest BCUT2D eigenvalue weighted by atomic mass is 35.5. The van der Waals surface area contributed by atoms with Gasteiger partial charge >= 0.3 is 0 Å². The third-order valence-electron chi connectivity index (χ3n) is 4.64. The van der Waals surface area contributed by atoms with Crippen LogP contribution < -0.4 is 15.4 Å². The first-order chi connectivity index (χ1) is 13.4. The van der Waals surface area contributed by atoms with Crippen molar-refractivity contribution in [2.75, 3.05) is 10.6 Å².